The Labute approximate surface area is 108 Å². The van der Waals surface area contributed by atoms with Crippen LogP contribution in [0.3, 0.4) is 0 Å². The first-order valence-electron chi connectivity index (χ1n) is 6.60. The van der Waals surface area contributed by atoms with Crippen LogP contribution in [0.15, 0.2) is 30.3 Å². The maximum Gasteiger partial charge on any atom is 0.306 e. The Morgan fingerprint density at radius 1 is 1.28 bits per heavy atom. The molecular formula is C15H20O3. The molecule has 1 N–H and O–H groups in total. The van der Waals surface area contributed by atoms with Gasteiger partial charge in [-0.3, -0.25) is 4.79 Å². The van der Waals surface area contributed by atoms with Crippen molar-refractivity contribution in [1.82, 2.24) is 0 Å². The molecule has 2 rings (SSSR count). The lowest BCUT2D eigenvalue weighted by molar-refractivity contribution is -0.154. The van der Waals surface area contributed by atoms with E-state index in [9.17, 15) is 4.79 Å². The minimum atomic E-state index is -0.752. The van der Waals surface area contributed by atoms with Crippen molar-refractivity contribution in [3.8, 4) is 0 Å². The highest BCUT2D eigenvalue weighted by Crippen LogP contribution is 2.38. The number of hydrogen-bond donors (Lipinski definition) is 1. The van der Waals surface area contributed by atoms with Gasteiger partial charge in [0.1, 0.15) is 0 Å². The van der Waals surface area contributed by atoms with E-state index >= 15 is 0 Å². The number of aliphatic carboxylic acids is 1. The highest BCUT2D eigenvalue weighted by molar-refractivity contribution is 5.68. The van der Waals surface area contributed by atoms with Gasteiger partial charge in [-0.1, -0.05) is 30.3 Å². The summed E-state index contributed by atoms with van der Waals surface area (Å²) in [5, 5.41) is 8.87. The van der Waals surface area contributed by atoms with Crippen LogP contribution in [0.4, 0.5) is 0 Å². The van der Waals surface area contributed by atoms with Gasteiger partial charge in [0.05, 0.1) is 12.0 Å². The van der Waals surface area contributed by atoms with Gasteiger partial charge < -0.3 is 9.84 Å². The van der Waals surface area contributed by atoms with Crippen molar-refractivity contribution in [2.24, 2.45) is 0 Å². The first kappa shape index (κ1) is 13.1. The molecule has 0 saturated heterocycles. The zero-order valence-electron chi connectivity index (χ0n) is 10.6. The standard InChI is InChI=1S/C15H20O3/c16-14(17)12-15(9-5-10-15)18-11-4-8-13-6-2-1-3-7-13/h1-3,6-7H,4-5,8-12H2,(H,16,17). The summed E-state index contributed by atoms with van der Waals surface area (Å²) in [4.78, 5) is 10.8. The fraction of sp³-hybridized carbons (Fsp3) is 0.533. The Kier molecular flexibility index (Phi) is 4.37. The zero-order valence-corrected chi connectivity index (χ0v) is 10.6. The monoisotopic (exact) mass is 248 g/mol. The predicted octanol–water partition coefficient (Wildman–Crippen LogP) is 3.03. The molecule has 0 heterocycles. The lowest BCUT2D eigenvalue weighted by atomic mass is 9.77. The third-order valence-electron chi connectivity index (χ3n) is 3.60. The highest BCUT2D eigenvalue weighted by Gasteiger charge is 2.39. The van der Waals surface area contributed by atoms with Gasteiger partial charge in [-0.15, -0.1) is 0 Å². The van der Waals surface area contributed by atoms with Crippen molar-refractivity contribution in [1.29, 1.82) is 0 Å². The lowest BCUT2D eigenvalue weighted by Crippen LogP contribution is -2.42. The van der Waals surface area contributed by atoms with Gasteiger partial charge in [0.2, 0.25) is 0 Å². The fourth-order valence-electron chi connectivity index (χ4n) is 2.43. The van der Waals surface area contributed by atoms with Crippen LogP contribution in [0.1, 0.15) is 37.7 Å². The second-order valence-corrected chi connectivity index (χ2v) is 5.04. The average Bonchev–Trinajstić information content (AvgIpc) is 2.32. The highest BCUT2D eigenvalue weighted by atomic mass is 16.5. The van der Waals surface area contributed by atoms with Crippen LogP contribution in [-0.2, 0) is 16.0 Å². The summed E-state index contributed by atoms with van der Waals surface area (Å²) < 4.78 is 5.82. The molecule has 1 fully saturated rings. The van der Waals surface area contributed by atoms with E-state index in [1.807, 2.05) is 18.2 Å². The quantitative estimate of drug-likeness (QED) is 0.754. The molecule has 1 aliphatic carbocycles. The molecule has 98 valence electrons. The molecule has 1 saturated carbocycles. The van der Waals surface area contributed by atoms with Crippen LogP contribution in [-0.4, -0.2) is 23.3 Å². The SMILES string of the molecule is O=C(O)CC1(OCCCc2ccccc2)CCC1. The Morgan fingerprint density at radius 3 is 2.56 bits per heavy atom. The summed E-state index contributed by atoms with van der Waals surface area (Å²) in [5.41, 5.74) is 0.949. The molecular weight excluding hydrogens is 228 g/mol. The Morgan fingerprint density at radius 2 is 2.00 bits per heavy atom. The van der Waals surface area contributed by atoms with E-state index in [4.69, 9.17) is 9.84 Å². The number of carboxylic acids is 1. The van der Waals surface area contributed by atoms with Crippen molar-refractivity contribution in [3.63, 3.8) is 0 Å². The molecule has 0 radical (unpaired) electrons. The number of ether oxygens (including phenoxy) is 1. The molecule has 1 aromatic rings. The number of carboxylic acid groups (broad SMARTS) is 1. The lowest BCUT2D eigenvalue weighted by Gasteiger charge is -2.40. The molecule has 0 spiro atoms. The van der Waals surface area contributed by atoms with Crippen LogP contribution < -0.4 is 0 Å². The van der Waals surface area contributed by atoms with E-state index in [0.717, 1.165) is 32.1 Å². The third kappa shape index (κ3) is 3.57. The summed E-state index contributed by atoms with van der Waals surface area (Å²) in [6, 6.07) is 10.3. The van der Waals surface area contributed by atoms with Gasteiger partial charge in [0.25, 0.3) is 0 Å². The number of rotatable bonds is 7. The van der Waals surface area contributed by atoms with E-state index in [-0.39, 0.29) is 12.0 Å². The van der Waals surface area contributed by atoms with E-state index in [2.05, 4.69) is 12.1 Å². The largest absolute Gasteiger partial charge is 0.481 e. The summed E-state index contributed by atoms with van der Waals surface area (Å²) in [7, 11) is 0. The Balaban J connectivity index is 1.70. The van der Waals surface area contributed by atoms with Gasteiger partial charge in [0.15, 0.2) is 0 Å². The maximum absolute atomic E-state index is 10.8. The molecule has 0 aromatic heterocycles. The number of carbonyl (C=O) groups is 1. The molecule has 0 amide bonds. The number of benzene rings is 1. The third-order valence-corrected chi connectivity index (χ3v) is 3.60. The van der Waals surface area contributed by atoms with Gasteiger partial charge >= 0.3 is 5.97 Å². The van der Waals surface area contributed by atoms with Gasteiger partial charge in [-0.2, -0.15) is 0 Å². The fourth-order valence-corrected chi connectivity index (χ4v) is 2.43. The van der Waals surface area contributed by atoms with Crippen LogP contribution in [0.5, 0.6) is 0 Å². The Hall–Kier alpha value is -1.35. The van der Waals surface area contributed by atoms with Crippen molar-refractivity contribution >= 4 is 5.97 Å². The van der Waals surface area contributed by atoms with E-state index in [0.29, 0.717) is 6.61 Å². The number of aryl methyl sites for hydroxylation is 1. The summed E-state index contributed by atoms with van der Waals surface area (Å²) in [6.07, 6.45) is 4.97. The second-order valence-electron chi connectivity index (χ2n) is 5.04. The molecule has 1 aliphatic rings. The predicted molar refractivity (Wildman–Crippen MR) is 69.5 cm³/mol. The molecule has 0 unspecified atom stereocenters. The van der Waals surface area contributed by atoms with Crippen LogP contribution in [0.2, 0.25) is 0 Å². The molecule has 1 aromatic carbocycles. The van der Waals surface area contributed by atoms with Crippen molar-refractivity contribution in [2.75, 3.05) is 6.61 Å². The van der Waals surface area contributed by atoms with Gasteiger partial charge in [-0.05, 0) is 37.7 Å². The molecule has 3 heteroatoms. The van der Waals surface area contributed by atoms with Crippen LogP contribution in [0, 0.1) is 0 Å². The Bertz CT molecular complexity index is 382. The topological polar surface area (TPSA) is 46.5 Å². The molecule has 0 aliphatic heterocycles. The number of hydrogen-bond acceptors (Lipinski definition) is 2. The van der Waals surface area contributed by atoms with Crippen molar-refractivity contribution in [2.45, 2.75) is 44.1 Å². The van der Waals surface area contributed by atoms with Crippen molar-refractivity contribution < 1.29 is 14.6 Å². The minimum absolute atomic E-state index is 0.151. The van der Waals surface area contributed by atoms with E-state index in [1.165, 1.54) is 5.56 Å². The van der Waals surface area contributed by atoms with Crippen LogP contribution >= 0.6 is 0 Å². The van der Waals surface area contributed by atoms with E-state index < -0.39 is 5.97 Å². The second kappa shape index (κ2) is 6.01. The smallest absolute Gasteiger partial charge is 0.306 e. The normalized spacial score (nSPS) is 17.1. The summed E-state index contributed by atoms with van der Waals surface area (Å²) >= 11 is 0. The van der Waals surface area contributed by atoms with Crippen molar-refractivity contribution in [3.05, 3.63) is 35.9 Å². The molecule has 0 bridgehead atoms. The summed E-state index contributed by atoms with van der Waals surface area (Å²) in [6.45, 7) is 0.655. The summed E-state index contributed by atoms with van der Waals surface area (Å²) in [5.74, 6) is -0.752. The molecule has 0 atom stereocenters. The van der Waals surface area contributed by atoms with Gasteiger partial charge in [-0.25, -0.2) is 0 Å². The first-order valence-corrected chi connectivity index (χ1v) is 6.60. The minimum Gasteiger partial charge on any atom is -0.481 e. The van der Waals surface area contributed by atoms with Gasteiger partial charge in [0, 0.05) is 6.61 Å². The first-order chi connectivity index (χ1) is 8.70. The maximum atomic E-state index is 10.8. The van der Waals surface area contributed by atoms with Crippen LogP contribution in [0.25, 0.3) is 0 Å². The molecule has 18 heavy (non-hydrogen) atoms. The molecule has 3 nitrogen and oxygen atoms in total. The average molecular weight is 248 g/mol. The zero-order chi connectivity index (χ0) is 12.8. The van der Waals surface area contributed by atoms with E-state index in [1.54, 1.807) is 0 Å².